The van der Waals surface area contributed by atoms with Gasteiger partial charge in [-0.1, -0.05) is 0 Å². The first kappa shape index (κ1) is 13.4. The van der Waals surface area contributed by atoms with Crippen molar-refractivity contribution < 1.29 is 9.53 Å². The van der Waals surface area contributed by atoms with E-state index in [9.17, 15) is 9.59 Å². The van der Waals surface area contributed by atoms with E-state index in [2.05, 4.69) is 15.0 Å². The Morgan fingerprint density at radius 2 is 2.29 bits per heavy atom. The van der Waals surface area contributed by atoms with Gasteiger partial charge in [-0.3, -0.25) is 14.6 Å². The van der Waals surface area contributed by atoms with Crippen molar-refractivity contribution in [2.75, 3.05) is 19.0 Å². The topological polar surface area (TPSA) is 73.2 Å². The van der Waals surface area contributed by atoms with Crippen molar-refractivity contribution in [3.8, 4) is 0 Å². The molecule has 0 aliphatic carbocycles. The molecule has 0 radical (unpaired) electrons. The van der Waals surface area contributed by atoms with Crippen molar-refractivity contribution in [1.82, 2.24) is 9.55 Å². The fraction of sp³-hybridized carbons (Fsp3) is 0.267. The average Bonchev–Trinajstić information content (AvgIpc) is 2.91. The van der Waals surface area contributed by atoms with Crippen molar-refractivity contribution >= 4 is 33.5 Å². The third kappa shape index (κ3) is 2.18. The highest BCUT2D eigenvalue weighted by Crippen LogP contribution is 2.25. The number of hydrogen-bond acceptors (Lipinski definition) is 5. The summed E-state index contributed by atoms with van der Waals surface area (Å²) in [4.78, 5) is 27.7. The van der Waals surface area contributed by atoms with Gasteiger partial charge in [0.2, 0.25) is 5.43 Å². The van der Waals surface area contributed by atoms with Crippen LogP contribution in [0, 0.1) is 0 Å². The molecule has 3 aromatic rings. The van der Waals surface area contributed by atoms with Gasteiger partial charge in [-0.15, -0.1) is 0 Å². The molecule has 1 aromatic carbocycles. The molecule has 0 spiro atoms. The van der Waals surface area contributed by atoms with Crippen molar-refractivity contribution in [3.63, 3.8) is 0 Å². The summed E-state index contributed by atoms with van der Waals surface area (Å²) in [6.07, 6.45) is 3.84. The molecule has 0 aliphatic heterocycles. The summed E-state index contributed by atoms with van der Waals surface area (Å²) in [5, 5.41) is 4.83. The molecular weight excluding hydrogens is 270 g/mol. The number of nitrogens with zero attached hydrogens (tertiary/aromatic N) is 2. The predicted molar refractivity (Wildman–Crippen MR) is 80.8 cm³/mol. The Hall–Kier alpha value is -2.63. The first-order chi connectivity index (χ1) is 10.1. The fourth-order valence-corrected chi connectivity index (χ4v) is 2.45. The Morgan fingerprint density at radius 1 is 1.48 bits per heavy atom. The van der Waals surface area contributed by atoms with E-state index < -0.39 is 0 Å². The molecule has 0 saturated carbocycles. The van der Waals surface area contributed by atoms with Gasteiger partial charge in [-0.25, -0.2) is 0 Å². The molecule has 3 rings (SSSR count). The third-order valence-corrected chi connectivity index (χ3v) is 3.59. The number of nitrogens with one attached hydrogen (secondary N) is 1. The van der Waals surface area contributed by atoms with Gasteiger partial charge in [-0.05, 0) is 12.1 Å². The maximum Gasteiger partial charge on any atom is 0.307 e. The van der Waals surface area contributed by atoms with Crippen LogP contribution < -0.4 is 10.7 Å². The standard InChI is InChI=1S/C15H15N3O3/c1-18-6-4-9-8-17-14-13(9)11(18)7-10(15(14)20)16-5-3-12(19)21-2/h4,6-8,16H,3,5H2,1-2H3. The van der Waals surface area contributed by atoms with Gasteiger partial charge < -0.3 is 14.6 Å². The molecule has 2 heterocycles. The molecule has 0 atom stereocenters. The summed E-state index contributed by atoms with van der Waals surface area (Å²) in [5.41, 5.74) is 1.70. The minimum atomic E-state index is -0.314. The maximum atomic E-state index is 12.4. The molecule has 0 fully saturated rings. The van der Waals surface area contributed by atoms with Crippen LogP contribution in [0.5, 0.6) is 0 Å². The van der Waals surface area contributed by atoms with Gasteiger partial charge in [0.1, 0.15) is 5.52 Å². The van der Waals surface area contributed by atoms with Crippen LogP contribution >= 0.6 is 0 Å². The zero-order valence-corrected chi connectivity index (χ0v) is 11.8. The van der Waals surface area contributed by atoms with E-state index in [0.29, 0.717) is 17.7 Å². The Balaban J connectivity index is 2.03. The van der Waals surface area contributed by atoms with E-state index in [0.717, 1.165) is 16.3 Å². The number of anilines is 1. The average molecular weight is 285 g/mol. The molecule has 2 aromatic heterocycles. The molecule has 1 N–H and O–H groups in total. The summed E-state index contributed by atoms with van der Waals surface area (Å²) >= 11 is 0. The predicted octanol–water partition coefficient (Wildman–Crippen LogP) is 1.50. The number of carbonyl (C=O) groups is 1. The van der Waals surface area contributed by atoms with E-state index in [1.54, 1.807) is 12.3 Å². The van der Waals surface area contributed by atoms with Gasteiger partial charge in [0.15, 0.2) is 0 Å². The lowest BCUT2D eigenvalue weighted by Crippen LogP contribution is -2.16. The van der Waals surface area contributed by atoms with Crippen molar-refractivity contribution in [1.29, 1.82) is 0 Å². The Kier molecular flexibility index (Phi) is 3.21. The number of ether oxygens (including phenoxy) is 1. The van der Waals surface area contributed by atoms with Crippen LogP contribution in [0.2, 0.25) is 0 Å². The van der Waals surface area contributed by atoms with Crippen LogP contribution in [0.15, 0.2) is 29.3 Å². The Morgan fingerprint density at radius 3 is 3.05 bits per heavy atom. The first-order valence-corrected chi connectivity index (χ1v) is 6.63. The van der Waals surface area contributed by atoms with E-state index in [1.165, 1.54) is 7.11 Å². The van der Waals surface area contributed by atoms with Gasteiger partial charge in [0, 0.05) is 36.8 Å². The van der Waals surface area contributed by atoms with Crippen molar-refractivity contribution in [2.45, 2.75) is 6.42 Å². The quantitative estimate of drug-likeness (QED) is 0.735. The van der Waals surface area contributed by atoms with E-state index >= 15 is 0 Å². The lowest BCUT2D eigenvalue weighted by atomic mass is 10.1. The fourth-order valence-electron chi connectivity index (χ4n) is 2.45. The van der Waals surface area contributed by atoms with Crippen molar-refractivity contribution in [2.24, 2.45) is 7.05 Å². The lowest BCUT2D eigenvalue weighted by Gasteiger charge is -2.09. The molecular formula is C15H15N3O3. The normalized spacial score (nSPS) is 11.1. The molecule has 108 valence electrons. The van der Waals surface area contributed by atoms with E-state index in [-0.39, 0.29) is 17.8 Å². The summed E-state index contributed by atoms with van der Waals surface area (Å²) in [6.45, 7) is 0.347. The summed E-state index contributed by atoms with van der Waals surface area (Å²) in [7, 11) is 3.26. The highest BCUT2D eigenvalue weighted by Gasteiger charge is 2.14. The van der Waals surface area contributed by atoms with Crippen LogP contribution in [-0.4, -0.2) is 29.2 Å². The molecule has 21 heavy (non-hydrogen) atoms. The monoisotopic (exact) mass is 285 g/mol. The zero-order valence-electron chi connectivity index (χ0n) is 11.8. The second-order valence-electron chi connectivity index (χ2n) is 4.89. The SMILES string of the molecule is COC(=O)CCNc1cc2c3c(ccn2C)cnc3c1=O. The number of rotatable bonds is 4. The number of methoxy groups -OCH3 is 1. The molecule has 6 nitrogen and oxygen atoms in total. The van der Waals surface area contributed by atoms with Crippen LogP contribution in [0.1, 0.15) is 6.42 Å². The van der Waals surface area contributed by atoms with Gasteiger partial charge in [-0.2, -0.15) is 0 Å². The van der Waals surface area contributed by atoms with E-state index in [4.69, 9.17) is 0 Å². The molecule has 0 bridgehead atoms. The molecule has 0 amide bonds. The largest absolute Gasteiger partial charge is 0.469 e. The van der Waals surface area contributed by atoms with Gasteiger partial charge in [0.25, 0.3) is 0 Å². The first-order valence-electron chi connectivity index (χ1n) is 6.63. The smallest absolute Gasteiger partial charge is 0.307 e. The second-order valence-corrected chi connectivity index (χ2v) is 4.89. The lowest BCUT2D eigenvalue weighted by molar-refractivity contribution is -0.140. The molecule has 0 unspecified atom stereocenters. The minimum Gasteiger partial charge on any atom is -0.469 e. The third-order valence-electron chi connectivity index (χ3n) is 3.59. The zero-order chi connectivity index (χ0) is 15.0. The molecule has 6 heteroatoms. The summed E-state index contributed by atoms with van der Waals surface area (Å²) in [6, 6.07) is 3.74. The van der Waals surface area contributed by atoms with Gasteiger partial charge >= 0.3 is 5.97 Å². The number of benzene rings is 1. The van der Waals surface area contributed by atoms with Crippen LogP contribution in [0.3, 0.4) is 0 Å². The van der Waals surface area contributed by atoms with Crippen LogP contribution in [-0.2, 0) is 16.6 Å². The highest BCUT2D eigenvalue weighted by atomic mass is 16.5. The van der Waals surface area contributed by atoms with E-state index in [1.807, 2.05) is 23.9 Å². The number of esters is 1. The van der Waals surface area contributed by atoms with Crippen LogP contribution in [0.25, 0.3) is 21.8 Å². The Labute approximate surface area is 120 Å². The maximum absolute atomic E-state index is 12.4. The second kappa shape index (κ2) is 5.05. The summed E-state index contributed by atoms with van der Waals surface area (Å²) in [5.74, 6) is -0.314. The number of aromatic nitrogens is 2. The van der Waals surface area contributed by atoms with Crippen molar-refractivity contribution in [3.05, 3.63) is 34.7 Å². The minimum absolute atomic E-state index is 0.145. The molecule has 0 saturated heterocycles. The van der Waals surface area contributed by atoms with Gasteiger partial charge in [0.05, 0.1) is 24.7 Å². The Bertz CT molecular complexity index is 869. The highest BCUT2D eigenvalue weighted by molar-refractivity contribution is 6.09. The van der Waals surface area contributed by atoms with Crippen LogP contribution in [0.4, 0.5) is 5.69 Å². The molecule has 0 aliphatic rings. The number of carbonyl (C=O) groups excluding carboxylic acids is 1. The number of aryl methyl sites for hydroxylation is 1. The number of pyridine rings is 1. The number of hydrogen-bond donors (Lipinski definition) is 1. The summed E-state index contributed by atoms with van der Waals surface area (Å²) < 4.78 is 6.52.